The summed E-state index contributed by atoms with van der Waals surface area (Å²) >= 11 is 1.45. The van der Waals surface area contributed by atoms with Gasteiger partial charge in [-0.25, -0.2) is 15.0 Å². The predicted molar refractivity (Wildman–Crippen MR) is 118 cm³/mol. The molecule has 0 radical (unpaired) electrons. The van der Waals surface area contributed by atoms with Crippen LogP contribution in [0.3, 0.4) is 0 Å². The van der Waals surface area contributed by atoms with Crippen LogP contribution in [0.5, 0.6) is 0 Å². The normalized spacial score (nSPS) is 11.8. The summed E-state index contributed by atoms with van der Waals surface area (Å²) in [6.45, 7) is 5.48. The minimum atomic E-state index is -4.58. The number of amides is 1. The van der Waals surface area contributed by atoms with Crippen LogP contribution in [0.15, 0.2) is 48.9 Å². The van der Waals surface area contributed by atoms with Gasteiger partial charge in [0.05, 0.1) is 29.2 Å². The van der Waals surface area contributed by atoms with Crippen LogP contribution in [0.1, 0.15) is 32.2 Å². The summed E-state index contributed by atoms with van der Waals surface area (Å²) in [7, 11) is 0. The second kappa shape index (κ2) is 9.51. The Labute approximate surface area is 187 Å². The van der Waals surface area contributed by atoms with Gasteiger partial charge in [0.25, 0.3) is 0 Å². The van der Waals surface area contributed by atoms with E-state index in [0.29, 0.717) is 29.1 Å². The monoisotopic (exact) mass is 462 g/mol. The van der Waals surface area contributed by atoms with Gasteiger partial charge in [0.15, 0.2) is 5.69 Å². The van der Waals surface area contributed by atoms with Gasteiger partial charge in [-0.2, -0.15) is 13.2 Å². The number of hydrogen-bond donors (Lipinski definition) is 2. The minimum absolute atomic E-state index is 0.0870. The highest BCUT2D eigenvalue weighted by atomic mass is 32.2. The van der Waals surface area contributed by atoms with Crippen molar-refractivity contribution in [2.45, 2.75) is 32.4 Å². The van der Waals surface area contributed by atoms with Crippen molar-refractivity contribution in [2.24, 2.45) is 0 Å². The third kappa shape index (κ3) is 5.52. The van der Waals surface area contributed by atoms with Gasteiger partial charge in [0.2, 0.25) is 11.9 Å². The van der Waals surface area contributed by atoms with Gasteiger partial charge in [-0.15, -0.1) is 0 Å². The summed E-state index contributed by atoms with van der Waals surface area (Å²) in [5.41, 5.74) is -0.461. The smallest absolute Gasteiger partial charge is 0.325 e. The Bertz CT molecular complexity index is 1090. The number of nitrogens with one attached hydrogen (secondary N) is 2. The van der Waals surface area contributed by atoms with Crippen molar-refractivity contribution >= 4 is 29.5 Å². The second-order valence-electron chi connectivity index (χ2n) is 7.24. The molecule has 32 heavy (non-hydrogen) atoms. The molecule has 1 amide bonds. The zero-order valence-electron chi connectivity index (χ0n) is 17.6. The molecule has 3 aromatic rings. The molecule has 7 nitrogen and oxygen atoms in total. The Balaban J connectivity index is 1.74. The van der Waals surface area contributed by atoms with Gasteiger partial charge in [0.1, 0.15) is 0 Å². The number of anilines is 2. The molecule has 2 aromatic heterocycles. The maximum atomic E-state index is 12.9. The molecule has 0 atom stereocenters. The molecule has 0 saturated carbocycles. The SMILES string of the molecule is CCSNc1nccc(C(C)(C)C(=O)Nc2ccc(-c3cncc(C(F)(F)F)n3)cc2)n1. The fraction of sp³-hybridized carbons (Fsp3) is 0.286. The molecule has 0 saturated heterocycles. The highest BCUT2D eigenvalue weighted by molar-refractivity contribution is 8.00. The van der Waals surface area contributed by atoms with E-state index in [0.717, 1.165) is 5.75 Å². The number of alkyl halides is 3. The van der Waals surface area contributed by atoms with Crippen molar-refractivity contribution in [1.29, 1.82) is 0 Å². The summed E-state index contributed by atoms with van der Waals surface area (Å²) in [4.78, 5) is 28.7. The Kier molecular flexibility index (Phi) is 6.97. The number of nitrogens with zero attached hydrogens (tertiary/aromatic N) is 4. The molecule has 0 aliphatic carbocycles. The number of carbonyl (C=O) groups is 1. The summed E-state index contributed by atoms with van der Waals surface area (Å²) in [5.74, 6) is 0.957. The van der Waals surface area contributed by atoms with E-state index in [4.69, 9.17) is 0 Å². The predicted octanol–water partition coefficient (Wildman–Crippen LogP) is 4.95. The molecule has 2 heterocycles. The first-order valence-corrected chi connectivity index (χ1v) is 10.6. The van der Waals surface area contributed by atoms with Crippen LogP contribution < -0.4 is 10.0 Å². The van der Waals surface area contributed by atoms with Gasteiger partial charge < -0.3 is 5.32 Å². The molecule has 0 spiro atoms. The van der Waals surface area contributed by atoms with Gasteiger partial charge in [0, 0.05) is 23.2 Å². The van der Waals surface area contributed by atoms with Crippen molar-refractivity contribution in [3.63, 3.8) is 0 Å². The third-order valence-electron chi connectivity index (χ3n) is 4.53. The Morgan fingerprint density at radius 2 is 1.75 bits per heavy atom. The fourth-order valence-electron chi connectivity index (χ4n) is 2.66. The quantitative estimate of drug-likeness (QED) is 0.480. The molecule has 0 aliphatic heterocycles. The van der Waals surface area contributed by atoms with Gasteiger partial charge in [-0.05, 0) is 32.0 Å². The standard InChI is InChI=1S/C21H21F3N6OS/c1-4-32-30-19-26-10-9-16(29-19)20(2,3)18(31)27-14-7-5-13(6-8-14)15-11-25-12-17(28-15)21(22,23)24/h5-12H,4H2,1-3H3,(H,27,31)(H,26,29,30). The van der Waals surface area contributed by atoms with E-state index in [1.807, 2.05) is 6.92 Å². The van der Waals surface area contributed by atoms with Crippen LogP contribution in [0.2, 0.25) is 0 Å². The maximum Gasteiger partial charge on any atom is 0.434 e. The number of halogens is 3. The van der Waals surface area contributed by atoms with Crippen molar-refractivity contribution in [2.75, 3.05) is 15.8 Å². The van der Waals surface area contributed by atoms with Crippen LogP contribution in [-0.4, -0.2) is 31.6 Å². The lowest BCUT2D eigenvalue weighted by Crippen LogP contribution is -2.35. The number of carbonyl (C=O) groups excluding carboxylic acids is 1. The van der Waals surface area contributed by atoms with Crippen LogP contribution >= 0.6 is 11.9 Å². The topological polar surface area (TPSA) is 92.7 Å². The van der Waals surface area contributed by atoms with Crippen molar-refractivity contribution in [3.05, 3.63) is 60.3 Å². The number of benzene rings is 1. The molecule has 0 bridgehead atoms. The first kappa shape index (κ1) is 23.5. The van der Waals surface area contributed by atoms with E-state index in [1.54, 1.807) is 50.4 Å². The highest BCUT2D eigenvalue weighted by Gasteiger charge is 2.33. The van der Waals surface area contributed by atoms with E-state index in [1.165, 1.54) is 18.1 Å². The zero-order chi connectivity index (χ0) is 23.4. The van der Waals surface area contributed by atoms with Crippen LogP contribution in [0, 0.1) is 0 Å². The Morgan fingerprint density at radius 1 is 1.03 bits per heavy atom. The first-order chi connectivity index (χ1) is 15.1. The molecule has 11 heteroatoms. The van der Waals surface area contributed by atoms with E-state index < -0.39 is 17.3 Å². The average Bonchev–Trinajstić information content (AvgIpc) is 2.78. The largest absolute Gasteiger partial charge is 0.434 e. The molecule has 0 aliphatic rings. The molecule has 1 aromatic carbocycles. The van der Waals surface area contributed by atoms with E-state index in [2.05, 4.69) is 30.0 Å². The van der Waals surface area contributed by atoms with E-state index >= 15 is 0 Å². The minimum Gasteiger partial charge on any atom is -0.325 e. The van der Waals surface area contributed by atoms with Gasteiger partial charge in [-0.3, -0.25) is 14.5 Å². The molecule has 2 N–H and O–H groups in total. The number of hydrogen-bond acceptors (Lipinski definition) is 7. The second-order valence-corrected chi connectivity index (χ2v) is 8.31. The maximum absolute atomic E-state index is 12.9. The number of aromatic nitrogens is 4. The lowest BCUT2D eigenvalue weighted by atomic mass is 9.88. The Hall–Kier alpha value is -3.21. The summed E-state index contributed by atoms with van der Waals surface area (Å²) < 4.78 is 41.6. The van der Waals surface area contributed by atoms with Crippen molar-refractivity contribution in [3.8, 4) is 11.3 Å². The third-order valence-corrected chi connectivity index (χ3v) is 5.15. The van der Waals surface area contributed by atoms with Gasteiger partial charge in [-0.1, -0.05) is 31.0 Å². The van der Waals surface area contributed by atoms with Crippen molar-refractivity contribution < 1.29 is 18.0 Å². The lowest BCUT2D eigenvalue weighted by molar-refractivity contribution is -0.141. The molecule has 0 fully saturated rings. The summed E-state index contributed by atoms with van der Waals surface area (Å²) in [5, 5.41) is 2.82. The first-order valence-electron chi connectivity index (χ1n) is 9.63. The molecular weight excluding hydrogens is 441 g/mol. The molecular formula is C21H21F3N6OS. The highest BCUT2D eigenvalue weighted by Crippen LogP contribution is 2.29. The van der Waals surface area contributed by atoms with E-state index in [-0.39, 0.29) is 11.6 Å². The fourth-order valence-corrected chi connectivity index (χ4v) is 3.03. The molecule has 3 rings (SSSR count). The van der Waals surface area contributed by atoms with E-state index in [9.17, 15) is 18.0 Å². The summed E-state index contributed by atoms with van der Waals surface area (Å²) in [6, 6.07) is 8.01. The zero-order valence-corrected chi connectivity index (χ0v) is 18.4. The van der Waals surface area contributed by atoms with Crippen LogP contribution in [0.4, 0.5) is 24.8 Å². The Morgan fingerprint density at radius 3 is 2.41 bits per heavy atom. The lowest BCUT2D eigenvalue weighted by Gasteiger charge is -2.23. The van der Waals surface area contributed by atoms with Crippen LogP contribution in [-0.2, 0) is 16.4 Å². The molecule has 0 unspecified atom stereocenters. The van der Waals surface area contributed by atoms with Gasteiger partial charge >= 0.3 is 6.18 Å². The summed E-state index contributed by atoms with van der Waals surface area (Å²) in [6.07, 6.45) is -1.06. The average molecular weight is 463 g/mol. The number of rotatable bonds is 7. The molecule has 168 valence electrons. The van der Waals surface area contributed by atoms with Crippen molar-refractivity contribution in [1.82, 2.24) is 19.9 Å². The van der Waals surface area contributed by atoms with Crippen LogP contribution in [0.25, 0.3) is 11.3 Å².